The Morgan fingerprint density at radius 2 is 2.13 bits per heavy atom. The number of hydrogen-bond donors (Lipinski definition) is 0. The third kappa shape index (κ3) is 5.80. The summed E-state index contributed by atoms with van der Waals surface area (Å²) in [6, 6.07) is 7.50. The lowest BCUT2D eigenvalue weighted by atomic mass is 10.00. The fraction of sp³-hybridized carbons (Fsp3) is 0.500. The van der Waals surface area contributed by atoms with Crippen LogP contribution in [0.4, 0.5) is 0 Å². The predicted molar refractivity (Wildman–Crippen MR) is 126 cm³/mol. The van der Waals surface area contributed by atoms with Crippen LogP contribution >= 0.6 is 22.9 Å². The summed E-state index contributed by atoms with van der Waals surface area (Å²) < 4.78 is 6.09. The molecule has 0 aliphatic carbocycles. The van der Waals surface area contributed by atoms with E-state index in [4.69, 9.17) is 16.3 Å². The molecule has 0 unspecified atom stereocenters. The summed E-state index contributed by atoms with van der Waals surface area (Å²) in [6.45, 7) is 9.37. The summed E-state index contributed by atoms with van der Waals surface area (Å²) in [5, 5.41) is 2.77. The van der Waals surface area contributed by atoms with Gasteiger partial charge in [0.2, 0.25) is 11.8 Å². The molecule has 1 aliphatic rings. The molecule has 1 aromatic heterocycles. The molecule has 3 rings (SSSR count). The zero-order chi connectivity index (χ0) is 22.5. The van der Waals surface area contributed by atoms with E-state index in [1.165, 1.54) is 11.8 Å². The number of rotatable bonds is 8. The largest absolute Gasteiger partial charge is 0.491 e. The first-order valence-electron chi connectivity index (χ1n) is 10.8. The highest BCUT2D eigenvalue weighted by molar-refractivity contribution is 7.10. The van der Waals surface area contributed by atoms with Gasteiger partial charge in [-0.2, -0.15) is 0 Å². The van der Waals surface area contributed by atoms with E-state index in [9.17, 15) is 9.59 Å². The molecule has 1 aliphatic heterocycles. The van der Waals surface area contributed by atoms with E-state index in [1.54, 1.807) is 16.2 Å². The molecule has 7 heteroatoms. The second-order valence-electron chi connectivity index (χ2n) is 8.29. The van der Waals surface area contributed by atoms with E-state index in [2.05, 4.69) is 25.3 Å². The first kappa shape index (κ1) is 23.6. The Balaban J connectivity index is 1.76. The number of thiophene rings is 1. The van der Waals surface area contributed by atoms with Gasteiger partial charge in [0.1, 0.15) is 12.4 Å². The number of carbonyl (C=O) groups excluding carboxylic acids is 2. The van der Waals surface area contributed by atoms with Gasteiger partial charge in [-0.1, -0.05) is 31.9 Å². The highest BCUT2D eigenvalue weighted by Crippen LogP contribution is 2.34. The highest BCUT2D eigenvalue weighted by atomic mass is 35.5. The summed E-state index contributed by atoms with van der Waals surface area (Å²) in [7, 11) is 0. The van der Waals surface area contributed by atoms with Crippen molar-refractivity contribution >= 4 is 34.8 Å². The summed E-state index contributed by atoms with van der Waals surface area (Å²) in [5.41, 5.74) is 2.10. The summed E-state index contributed by atoms with van der Waals surface area (Å²) >= 11 is 7.85. The van der Waals surface area contributed by atoms with Crippen molar-refractivity contribution in [3.63, 3.8) is 0 Å². The summed E-state index contributed by atoms with van der Waals surface area (Å²) in [5.74, 6) is 0.996. The van der Waals surface area contributed by atoms with Gasteiger partial charge in [0.25, 0.3) is 0 Å². The van der Waals surface area contributed by atoms with E-state index in [-0.39, 0.29) is 24.4 Å². The van der Waals surface area contributed by atoms with E-state index in [0.717, 1.165) is 29.7 Å². The van der Waals surface area contributed by atoms with Gasteiger partial charge < -0.3 is 14.5 Å². The highest BCUT2D eigenvalue weighted by Gasteiger charge is 2.33. The van der Waals surface area contributed by atoms with Crippen LogP contribution < -0.4 is 4.74 Å². The number of hydrogen-bond acceptors (Lipinski definition) is 4. The Hall–Kier alpha value is -2.05. The molecular formula is C24H31ClN2O3S. The van der Waals surface area contributed by atoms with Gasteiger partial charge in [-0.15, -0.1) is 11.3 Å². The van der Waals surface area contributed by atoms with E-state index in [1.807, 2.05) is 30.0 Å². The molecule has 0 saturated carbocycles. The lowest BCUT2D eigenvalue weighted by Crippen LogP contribution is -2.48. The van der Waals surface area contributed by atoms with Crippen LogP contribution in [-0.4, -0.2) is 47.9 Å². The SMILES string of the molecule is CC[C@@H](C)CN(CC(=O)N1CCc2sccc2[C@@H]1COc1ccc(Cl)c(C)c1)C(C)=O. The molecule has 168 valence electrons. The van der Waals surface area contributed by atoms with Gasteiger partial charge in [-0.3, -0.25) is 9.59 Å². The molecule has 0 spiro atoms. The molecule has 0 bridgehead atoms. The Morgan fingerprint density at radius 3 is 2.81 bits per heavy atom. The van der Waals surface area contributed by atoms with E-state index < -0.39 is 0 Å². The maximum atomic E-state index is 13.3. The van der Waals surface area contributed by atoms with Crippen LogP contribution in [0.25, 0.3) is 0 Å². The van der Waals surface area contributed by atoms with Crippen molar-refractivity contribution in [1.29, 1.82) is 0 Å². The molecule has 5 nitrogen and oxygen atoms in total. The first-order chi connectivity index (χ1) is 14.8. The van der Waals surface area contributed by atoms with Crippen LogP contribution in [-0.2, 0) is 16.0 Å². The molecular weight excluding hydrogens is 432 g/mol. The van der Waals surface area contributed by atoms with Crippen LogP contribution in [0.15, 0.2) is 29.6 Å². The predicted octanol–water partition coefficient (Wildman–Crippen LogP) is 5.11. The fourth-order valence-corrected chi connectivity index (χ4v) is 4.87. The van der Waals surface area contributed by atoms with Crippen LogP contribution in [0, 0.1) is 12.8 Å². The first-order valence-corrected chi connectivity index (χ1v) is 12.1. The second kappa shape index (κ2) is 10.5. The monoisotopic (exact) mass is 462 g/mol. The Morgan fingerprint density at radius 1 is 1.35 bits per heavy atom. The Bertz CT molecular complexity index is 929. The molecule has 2 heterocycles. The van der Waals surface area contributed by atoms with E-state index >= 15 is 0 Å². The number of halogens is 1. The van der Waals surface area contributed by atoms with Crippen LogP contribution in [0.1, 0.15) is 49.2 Å². The van der Waals surface area contributed by atoms with Crippen molar-refractivity contribution in [2.75, 3.05) is 26.2 Å². The lowest BCUT2D eigenvalue weighted by molar-refractivity contribution is -0.142. The molecule has 0 N–H and O–H groups in total. The van der Waals surface area contributed by atoms with Gasteiger partial charge in [0, 0.05) is 29.9 Å². The third-order valence-electron chi connectivity index (χ3n) is 5.95. The van der Waals surface area contributed by atoms with Gasteiger partial charge in [-0.25, -0.2) is 0 Å². The van der Waals surface area contributed by atoms with Crippen LogP contribution in [0.2, 0.25) is 5.02 Å². The molecule has 31 heavy (non-hydrogen) atoms. The minimum Gasteiger partial charge on any atom is -0.491 e. The fourth-order valence-electron chi connectivity index (χ4n) is 3.82. The van der Waals surface area contributed by atoms with Crippen LogP contribution in [0.3, 0.4) is 0 Å². The lowest BCUT2D eigenvalue weighted by Gasteiger charge is -2.37. The Labute approximate surface area is 193 Å². The van der Waals surface area contributed by atoms with Crippen molar-refractivity contribution < 1.29 is 14.3 Å². The number of aryl methyl sites for hydroxylation is 1. The molecule has 1 aromatic carbocycles. The smallest absolute Gasteiger partial charge is 0.242 e. The quantitative estimate of drug-likeness (QED) is 0.547. The third-order valence-corrected chi connectivity index (χ3v) is 7.37. The molecule has 2 atom stereocenters. The summed E-state index contributed by atoms with van der Waals surface area (Å²) in [4.78, 5) is 30.3. The average Bonchev–Trinajstić information content (AvgIpc) is 3.22. The number of amides is 2. The number of ether oxygens (including phenoxy) is 1. The average molecular weight is 463 g/mol. The van der Waals surface area contributed by atoms with Crippen molar-refractivity contribution in [3.05, 3.63) is 50.7 Å². The van der Waals surface area contributed by atoms with Crippen molar-refractivity contribution in [2.45, 2.75) is 46.6 Å². The zero-order valence-corrected chi connectivity index (χ0v) is 20.3. The second-order valence-corrected chi connectivity index (χ2v) is 9.69. The molecule has 0 fully saturated rings. The van der Waals surface area contributed by atoms with E-state index in [0.29, 0.717) is 30.6 Å². The number of fused-ring (bicyclic) bond motifs is 1. The number of nitrogens with zero attached hydrogens (tertiary/aromatic N) is 2. The van der Waals surface area contributed by atoms with Crippen LogP contribution in [0.5, 0.6) is 5.75 Å². The maximum absolute atomic E-state index is 13.3. The molecule has 2 amide bonds. The number of carbonyl (C=O) groups is 2. The topological polar surface area (TPSA) is 49.9 Å². The Kier molecular flexibility index (Phi) is 8.00. The minimum atomic E-state index is -0.170. The van der Waals surface area contributed by atoms with Crippen molar-refractivity contribution in [3.8, 4) is 5.75 Å². The van der Waals surface area contributed by atoms with Gasteiger partial charge >= 0.3 is 0 Å². The molecule has 2 aromatic rings. The number of benzene rings is 1. The summed E-state index contributed by atoms with van der Waals surface area (Å²) in [6.07, 6.45) is 1.80. The normalized spacial score (nSPS) is 16.5. The molecule has 0 radical (unpaired) electrons. The van der Waals surface area contributed by atoms with Gasteiger partial charge in [0.15, 0.2) is 0 Å². The minimum absolute atomic E-state index is 0.0313. The van der Waals surface area contributed by atoms with Crippen molar-refractivity contribution in [1.82, 2.24) is 9.80 Å². The van der Waals surface area contributed by atoms with Gasteiger partial charge in [0.05, 0.1) is 12.6 Å². The zero-order valence-electron chi connectivity index (χ0n) is 18.7. The molecule has 0 saturated heterocycles. The van der Waals surface area contributed by atoms with Gasteiger partial charge in [-0.05, 0) is 60.0 Å². The van der Waals surface area contributed by atoms with Crippen molar-refractivity contribution in [2.24, 2.45) is 5.92 Å². The standard InChI is InChI=1S/C24H31ClN2O3S/c1-5-16(2)13-26(18(4)28)14-24(29)27-10-8-23-20(9-11-31-23)22(27)15-30-19-6-7-21(25)17(3)12-19/h6-7,9,11-12,16,22H,5,8,10,13-15H2,1-4H3/t16-,22+/m1/s1. The maximum Gasteiger partial charge on any atom is 0.242 e.